The monoisotopic (exact) mass is 258 g/mol. The molecule has 0 fully saturated rings. The van der Waals surface area contributed by atoms with E-state index in [-0.39, 0.29) is 22.8 Å². The van der Waals surface area contributed by atoms with Crippen LogP contribution < -0.4 is 0 Å². The van der Waals surface area contributed by atoms with Gasteiger partial charge in [-0.25, -0.2) is 0 Å². The zero-order chi connectivity index (χ0) is 14.7. The van der Waals surface area contributed by atoms with Crippen molar-refractivity contribution in [2.75, 3.05) is 0 Å². The number of carbonyl (C=O) groups is 2. The van der Waals surface area contributed by atoms with Gasteiger partial charge in [0.05, 0.1) is 0 Å². The topological polar surface area (TPSA) is 52.6 Å². The summed E-state index contributed by atoms with van der Waals surface area (Å²) >= 11 is 0. The summed E-state index contributed by atoms with van der Waals surface area (Å²) in [4.78, 5) is 22.5. The number of esters is 2. The van der Waals surface area contributed by atoms with E-state index in [2.05, 4.69) is 0 Å². The largest absolute Gasteiger partial charge is 0.458 e. The van der Waals surface area contributed by atoms with Crippen molar-refractivity contribution >= 4 is 11.9 Å². The maximum absolute atomic E-state index is 11.3. The predicted molar refractivity (Wildman–Crippen MR) is 70.0 cm³/mol. The Bertz CT molecular complexity index is 275. The van der Waals surface area contributed by atoms with Crippen molar-refractivity contribution in [1.29, 1.82) is 0 Å². The summed E-state index contributed by atoms with van der Waals surface area (Å²) in [6, 6.07) is 0. The van der Waals surface area contributed by atoms with Gasteiger partial charge < -0.3 is 9.47 Å². The van der Waals surface area contributed by atoms with Crippen LogP contribution in [0.5, 0.6) is 0 Å². The zero-order valence-electron chi connectivity index (χ0n) is 12.8. The van der Waals surface area contributed by atoms with Crippen LogP contribution in [-0.2, 0) is 19.1 Å². The predicted octanol–water partition coefficient (Wildman–Crippen LogP) is 2.94. The van der Waals surface area contributed by atoms with Gasteiger partial charge in [0.25, 0.3) is 0 Å². The third kappa shape index (κ3) is 5.52. The molecule has 1 unspecified atom stereocenters. The summed E-state index contributed by atoms with van der Waals surface area (Å²) in [5, 5.41) is 0. The highest BCUT2D eigenvalue weighted by Gasteiger charge is 2.43. The second kappa shape index (κ2) is 5.72. The van der Waals surface area contributed by atoms with E-state index in [4.69, 9.17) is 9.47 Å². The van der Waals surface area contributed by atoms with Gasteiger partial charge in [-0.2, -0.15) is 0 Å². The molecule has 0 aliphatic rings. The van der Waals surface area contributed by atoms with Gasteiger partial charge in [0.15, 0.2) is 0 Å². The first-order valence-electron chi connectivity index (χ1n) is 6.20. The van der Waals surface area contributed by atoms with Crippen LogP contribution in [0.3, 0.4) is 0 Å². The summed E-state index contributed by atoms with van der Waals surface area (Å²) in [5.74, 6) is -0.729. The quantitative estimate of drug-likeness (QED) is 0.730. The lowest BCUT2D eigenvalue weighted by atomic mass is 9.76. The van der Waals surface area contributed by atoms with E-state index in [1.165, 1.54) is 13.8 Å². The average molecular weight is 258 g/mol. The summed E-state index contributed by atoms with van der Waals surface area (Å²) in [6.07, 6.45) is -0.946. The number of hydrogen-bond acceptors (Lipinski definition) is 4. The minimum absolute atomic E-state index is 0.306. The van der Waals surface area contributed by atoms with Crippen molar-refractivity contribution in [3.8, 4) is 0 Å². The van der Waals surface area contributed by atoms with Crippen LogP contribution in [0.4, 0.5) is 0 Å². The molecule has 0 bridgehead atoms. The molecule has 0 aliphatic carbocycles. The first-order chi connectivity index (χ1) is 7.85. The lowest BCUT2D eigenvalue weighted by Gasteiger charge is -2.41. The third-order valence-corrected chi connectivity index (χ3v) is 2.57. The second-order valence-electron chi connectivity index (χ2n) is 6.79. The van der Waals surface area contributed by atoms with Crippen LogP contribution >= 0.6 is 0 Å². The van der Waals surface area contributed by atoms with Crippen molar-refractivity contribution in [1.82, 2.24) is 0 Å². The van der Waals surface area contributed by atoms with Gasteiger partial charge in [-0.05, 0) is 0 Å². The van der Waals surface area contributed by atoms with Gasteiger partial charge in [0.2, 0.25) is 0 Å². The Morgan fingerprint density at radius 1 is 0.722 bits per heavy atom. The summed E-state index contributed by atoms with van der Waals surface area (Å²) in [7, 11) is 0. The summed E-state index contributed by atoms with van der Waals surface area (Å²) in [5.41, 5.74) is -0.613. The molecule has 0 aromatic heterocycles. The van der Waals surface area contributed by atoms with Gasteiger partial charge in [-0.1, -0.05) is 41.5 Å². The van der Waals surface area contributed by atoms with Gasteiger partial charge in [0, 0.05) is 24.7 Å². The molecule has 2 atom stereocenters. The molecule has 18 heavy (non-hydrogen) atoms. The van der Waals surface area contributed by atoms with Crippen LogP contribution in [0, 0.1) is 10.8 Å². The Morgan fingerprint density at radius 2 is 0.944 bits per heavy atom. The van der Waals surface area contributed by atoms with Crippen molar-refractivity contribution < 1.29 is 19.1 Å². The van der Waals surface area contributed by atoms with E-state index in [9.17, 15) is 9.59 Å². The van der Waals surface area contributed by atoms with Gasteiger partial charge in [0.1, 0.15) is 12.2 Å². The molecule has 4 heteroatoms. The maximum Gasteiger partial charge on any atom is 0.303 e. The summed E-state index contributed by atoms with van der Waals surface area (Å²) < 4.78 is 10.8. The van der Waals surface area contributed by atoms with Crippen molar-refractivity contribution in [3.05, 3.63) is 0 Å². The molecule has 0 amide bonds. The van der Waals surface area contributed by atoms with Gasteiger partial charge in [-0.3, -0.25) is 9.59 Å². The molecule has 0 heterocycles. The molecule has 0 spiro atoms. The van der Waals surface area contributed by atoms with Crippen LogP contribution in [-0.4, -0.2) is 24.1 Å². The van der Waals surface area contributed by atoms with Crippen molar-refractivity contribution in [2.45, 2.75) is 67.6 Å². The molecule has 0 rings (SSSR count). The Balaban J connectivity index is 5.34. The average Bonchev–Trinajstić information content (AvgIpc) is 2.06. The fourth-order valence-electron chi connectivity index (χ4n) is 1.74. The highest BCUT2D eigenvalue weighted by molar-refractivity contribution is 5.67. The second-order valence-corrected chi connectivity index (χ2v) is 6.79. The lowest BCUT2D eigenvalue weighted by molar-refractivity contribution is -0.185. The molecule has 0 radical (unpaired) electrons. The molecule has 0 aromatic rings. The Morgan fingerprint density at radius 3 is 1.06 bits per heavy atom. The van der Waals surface area contributed by atoms with Crippen LogP contribution in [0.15, 0.2) is 0 Å². The highest BCUT2D eigenvalue weighted by Crippen LogP contribution is 2.35. The molecule has 0 N–H and O–H groups in total. The minimum atomic E-state index is -0.473. The van der Waals surface area contributed by atoms with Crippen molar-refractivity contribution in [2.24, 2.45) is 10.8 Å². The Hall–Kier alpha value is -1.06. The molecule has 4 nitrogen and oxygen atoms in total. The molecule has 106 valence electrons. The first-order valence-corrected chi connectivity index (χ1v) is 6.20. The van der Waals surface area contributed by atoms with Crippen LogP contribution in [0.25, 0.3) is 0 Å². The molecule has 0 aliphatic heterocycles. The normalized spacial score (nSPS) is 15.8. The van der Waals surface area contributed by atoms with Crippen LogP contribution in [0.2, 0.25) is 0 Å². The fraction of sp³-hybridized carbons (Fsp3) is 0.857. The smallest absolute Gasteiger partial charge is 0.303 e. The van der Waals surface area contributed by atoms with E-state index >= 15 is 0 Å². The highest BCUT2D eigenvalue weighted by atomic mass is 16.6. The molecule has 0 aromatic carbocycles. The standard InChI is InChI=1S/C14H26O4/c1-9(15)17-11(13(3,4)5)12(14(6,7)8)18-10(2)16/h11-12H,1-8H3/t11-,12?/m0/s1. The lowest BCUT2D eigenvalue weighted by Crippen LogP contribution is -2.49. The third-order valence-electron chi connectivity index (χ3n) is 2.57. The van der Waals surface area contributed by atoms with Crippen molar-refractivity contribution in [3.63, 3.8) is 0 Å². The number of hydrogen-bond donors (Lipinski definition) is 0. The number of ether oxygens (including phenoxy) is 2. The fourth-order valence-corrected chi connectivity index (χ4v) is 1.74. The van der Waals surface area contributed by atoms with Gasteiger partial charge in [-0.15, -0.1) is 0 Å². The minimum Gasteiger partial charge on any atom is -0.458 e. The number of carbonyl (C=O) groups excluding carboxylic acids is 2. The van der Waals surface area contributed by atoms with E-state index in [1.807, 2.05) is 41.5 Å². The Kier molecular flexibility index (Phi) is 5.38. The Labute approximate surface area is 110 Å². The molecule has 0 saturated carbocycles. The maximum atomic E-state index is 11.3. The van der Waals surface area contributed by atoms with E-state index in [0.29, 0.717) is 0 Å². The zero-order valence-corrected chi connectivity index (χ0v) is 12.8. The van der Waals surface area contributed by atoms with Gasteiger partial charge >= 0.3 is 11.9 Å². The molecular weight excluding hydrogens is 232 g/mol. The van der Waals surface area contributed by atoms with E-state index in [1.54, 1.807) is 0 Å². The summed E-state index contributed by atoms with van der Waals surface area (Å²) in [6.45, 7) is 14.5. The van der Waals surface area contributed by atoms with E-state index in [0.717, 1.165) is 0 Å². The van der Waals surface area contributed by atoms with E-state index < -0.39 is 12.2 Å². The first kappa shape index (κ1) is 16.9. The van der Waals surface area contributed by atoms with Crippen LogP contribution in [0.1, 0.15) is 55.4 Å². The SMILES string of the molecule is CC(=O)OC([C@H](OC(C)=O)C(C)(C)C)C(C)(C)C. The molecule has 0 saturated heterocycles. The number of rotatable bonds is 3. The molecular formula is C14H26O4.